The Labute approximate surface area is 168 Å². The number of rotatable bonds is 6. The number of carbonyl (C=O) groups excluding carboxylic acids is 2. The van der Waals surface area contributed by atoms with E-state index < -0.39 is 29.7 Å². The fraction of sp³-hybridized carbons (Fsp3) is 0.250. The Balaban J connectivity index is 1.88. The van der Waals surface area contributed by atoms with Crippen LogP contribution in [0.2, 0.25) is 10.0 Å². The van der Waals surface area contributed by atoms with E-state index in [4.69, 9.17) is 27.9 Å². The molecule has 0 saturated carbocycles. The Morgan fingerprint density at radius 2 is 1.85 bits per heavy atom. The minimum absolute atomic E-state index is 0.00392. The summed E-state index contributed by atoms with van der Waals surface area (Å²) in [6.45, 7) is -0.563. The van der Waals surface area contributed by atoms with Gasteiger partial charge in [0.05, 0.1) is 10.8 Å². The first-order valence-corrected chi connectivity index (χ1v) is 9.23. The van der Waals surface area contributed by atoms with Gasteiger partial charge in [-0.05, 0) is 18.2 Å². The van der Waals surface area contributed by atoms with Crippen LogP contribution in [0.4, 0.5) is 5.82 Å². The Morgan fingerprint density at radius 1 is 1.15 bits per heavy atom. The summed E-state index contributed by atoms with van der Waals surface area (Å²) in [5, 5.41) is 3.28. The molecule has 0 unspecified atom stereocenters. The van der Waals surface area contributed by atoms with Crippen molar-refractivity contribution in [3.05, 3.63) is 55.1 Å². The molecule has 0 atom stereocenters. The Morgan fingerprint density at radius 3 is 2.56 bits per heavy atom. The third-order valence-electron chi connectivity index (χ3n) is 3.40. The van der Waals surface area contributed by atoms with E-state index >= 15 is 0 Å². The van der Waals surface area contributed by atoms with Crippen molar-refractivity contribution in [1.29, 1.82) is 0 Å². The van der Waals surface area contributed by atoms with Crippen LogP contribution in [0.15, 0.2) is 38.8 Å². The number of esters is 1. The maximum atomic E-state index is 11.9. The molecule has 1 N–H and O–H groups in total. The van der Waals surface area contributed by atoms with E-state index in [1.807, 2.05) is 0 Å². The van der Waals surface area contributed by atoms with Crippen molar-refractivity contribution >= 4 is 52.7 Å². The van der Waals surface area contributed by atoms with E-state index in [-0.39, 0.29) is 11.6 Å². The smallest absolute Gasteiger partial charge is 0.332 e. The lowest BCUT2D eigenvalue weighted by molar-refractivity contribution is -0.144. The van der Waals surface area contributed by atoms with Gasteiger partial charge in [-0.1, -0.05) is 23.2 Å². The molecule has 0 aliphatic heterocycles. The van der Waals surface area contributed by atoms with Gasteiger partial charge in [0.2, 0.25) is 0 Å². The van der Waals surface area contributed by atoms with Crippen molar-refractivity contribution < 1.29 is 14.3 Å². The molecule has 0 spiro atoms. The van der Waals surface area contributed by atoms with Crippen molar-refractivity contribution in [1.82, 2.24) is 9.13 Å². The quantitative estimate of drug-likeness (QED) is 0.551. The maximum Gasteiger partial charge on any atom is 0.332 e. The number of nitrogens with zero attached hydrogens (tertiary/aromatic N) is 2. The third kappa shape index (κ3) is 5.62. The van der Waals surface area contributed by atoms with Gasteiger partial charge < -0.3 is 10.1 Å². The molecule has 1 heterocycles. The summed E-state index contributed by atoms with van der Waals surface area (Å²) in [6, 6.07) is 5.95. The minimum atomic E-state index is -0.683. The standard InChI is InChI=1S/C16H15Cl2N3O5S/c1-20-12(6-14(23)21(2)16(20)25)19-13(22)7-26-15(24)8-27-11-5-9(17)3-4-10(11)18/h3-6H,7-8H2,1-2H3,(H,19,22). The van der Waals surface area contributed by atoms with Gasteiger partial charge in [-0.2, -0.15) is 0 Å². The molecule has 8 nitrogen and oxygen atoms in total. The minimum Gasteiger partial charge on any atom is -0.455 e. The first kappa shape index (κ1) is 21.1. The number of benzene rings is 1. The summed E-state index contributed by atoms with van der Waals surface area (Å²) in [6.07, 6.45) is 0. The Kier molecular flexibility index (Phi) is 7.11. The molecule has 0 aliphatic rings. The third-order valence-corrected chi connectivity index (χ3v) is 5.10. The SMILES string of the molecule is Cn1c(NC(=O)COC(=O)CSc2cc(Cl)ccc2Cl)cc(=O)n(C)c1=O. The summed E-state index contributed by atoms with van der Waals surface area (Å²) in [5.41, 5.74) is -1.16. The number of amides is 1. The summed E-state index contributed by atoms with van der Waals surface area (Å²) in [7, 11) is 2.72. The van der Waals surface area contributed by atoms with Gasteiger partial charge in [-0.25, -0.2) is 4.79 Å². The van der Waals surface area contributed by atoms with Gasteiger partial charge in [0.25, 0.3) is 11.5 Å². The van der Waals surface area contributed by atoms with Crippen LogP contribution in [-0.4, -0.2) is 33.4 Å². The maximum absolute atomic E-state index is 11.9. The molecule has 2 aromatic rings. The molecule has 1 aromatic heterocycles. The fourth-order valence-electron chi connectivity index (χ4n) is 1.94. The van der Waals surface area contributed by atoms with Gasteiger partial charge in [-0.15, -0.1) is 11.8 Å². The highest BCUT2D eigenvalue weighted by atomic mass is 35.5. The molecular formula is C16H15Cl2N3O5S. The van der Waals surface area contributed by atoms with Crippen LogP contribution < -0.4 is 16.6 Å². The first-order valence-electron chi connectivity index (χ1n) is 7.49. The van der Waals surface area contributed by atoms with E-state index in [9.17, 15) is 19.2 Å². The van der Waals surface area contributed by atoms with Crippen molar-refractivity contribution in [2.45, 2.75) is 4.90 Å². The normalized spacial score (nSPS) is 10.5. The van der Waals surface area contributed by atoms with E-state index in [2.05, 4.69) is 5.32 Å². The predicted molar refractivity (Wildman–Crippen MR) is 104 cm³/mol. The van der Waals surface area contributed by atoms with E-state index in [1.54, 1.807) is 18.2 Å². The van der Waals surface area contributed by atoms with Gasteiger partial charge in [-0.3, -0.25) is 23.5 Å². The van der Waals surface area contributed by atoms with Crippen molar-refractivity contribution in [3.63, 3.8) is 0 Å². The highest BCUT2D eigenvalue weighted by Gasteiger charge is 2.13. The van der Waals surface area contributed by atoms with Crippen LogP contribution in [-0.2, 0) is 28.4 Å². The molecule has 0 saturated heterocycles. The summed E-state index contributed by atoms with van der Waals surface area (Å²) < 4.78 is 6.87. The molecule has 0 radical (unpaired) electrons. The van der Waals surface area contributed by atoms with E-state index in [0.717, 1.165) is 27.0 Å². The molecule has 144 valence electrons. The number of nitrogens with one attached hydrogen (secondary N) is 1. The highest BCUT2D eigenvalue weighted by molar-refractivity contribution is 8.00. The average Bonchev–Trinajstić information content (AvgIpc) is 2.63. The lowest BCUT2D eigenvalue weighted by Gasteiger charge is -2.11. The number of hydrogen-bond acceptors (Lipinski definition) is 6. The van der Waals surface area contributed by atoms with Crippen LogP contribution in [0.25, 0.3) is 0 Å². The van der Waals surface area contributed by atoms with Gasteiger partial charge in [0.15, 0.2) is 6.61 Å². The molecule has 1 amide bonds. The molecule has 0 aliphatic carbocycles. The van der Waals surface area contributed by atoms with Crippen LogP contribution in [0.3, 0.4) is 0 Å². The van der Waals surface area contributed by atoms with Gasteiger partial charge in [0.1, 0.15) is 5.82 Å². The predicted octanol–water partition coefficient (Wildman–Crippen LogP) is 1.66. The monoisotopic (exact) mass is 431 g/mol. The van der Waals surface area contributed by atoms with E-state index in [1.165, 1.54) is 14.1 Å². The molecule has 0 bridgehead atoms. The second-order valence-electron chi connectivity index (χ2n) is 5.34. The van der Waals surface area contributed by atoms with Crippen molar-refractivity contribution in [3.8, 4) is 0 Å². The van der Waals surface area contributed by atoms with Crippen molar-refractivity contribution in [2.24, 2.45) is 14.1 Å². The van der Waals surface area contributed by atoms with E-state index in [0.29, 0.717) is 14.9 Å². The Bertz CT molecular complexity index is 1000. The summed E-state index contributed by atoms with van der Waals surface area (Å²) in [4.78, 5) is 47.7. The van der Waals surface area contributed by atoms with Gasteiger partial charge in [0, 0.05) is 30.1 Å². The summed E-state index contributed by atoms with van der Waals surface area (Å²) in [5.74, 6) is -1.39. The first-order chi connectivity index (χ1) is 12.7. The summed E-state index contributed by atoms with van der Waals surface area (Å²) >= 11 is 13.0. The highest BCUT2D eigenvalue weighted by Crippen LogP contribution is 2.29. The largest absolute Gasteiger partial charge is 0.455 e. The van der Waals surface area contributed by atoms with Crippen LogP contribution in [0.5, 0.6) is 0 Å². The number of ether oxygens (including phenoxy) is 1. The van der Waals surface area contributed by atoms with Crippen molar-refractivity contribution in [2.75, 3.05) is 17.7 Å². The average molecular weight is 432 g/mol. The fourth-order valence-corrected chi connectivity index (χ4v) is 3.23. The number of anilines is 1. The lowest BCUT2D eigenvalue weighted by atomic mass is 10.4. The second-order valence-corrected chi connectivity index (χ2v) is 7.20. The van der Waals surface area contributed by atoms with Crippen LogP contribution in [0.1, 0.15) is 0 Å². The number of aromatic nitrogens is 2. The molecule has 1 aromatic carbocycles. The Hall–Kier alpha value is -2.23. The molecule has 11 heteroatoms. The molecule has 27 heavy (non-hydrogen) atoms. The van der Waals surface area contributed by atoms with Gasteiger partial charge >= 0.3 is 11.7 Å². The number of thioether (sulfide) groups is 1. The molecule has 2 rings (SSSR count). The number of carbonyl (C=O) groups is 2. The molecular weight excluding hydrogens is 417 g/mol. The zero-order chi connectivity index (χ0) is 20.1. The number of hydrogen-bond donors (Lipinski definition) is 1. The van der Waals surface area contributed by atoms with Crippen LogP contribution >= 0.6 is 35.0 Å². The zero-order valence-corrected chi connectivity index (χ0v) is 16.7. The second kappa shape index (κ2) is 9.12. The number of halogens is 2. The topological polar surface area (TPSA) is 99.4 Å². The van der Waals surface area contributed by atoms with Crippen LogP contribution in [0, 0.1) is 0 Å². The molecule has 0 fully saturated rings. The lowest BCUT2D eigenvalue weighted by Crippen LogP contribution is -2.38. The zero-order valence-electron chi connectivity index (χ0n) is 14.3.